The number of carbonyl (C=O) groups excluding carboxylic acids is 1. The molecule has 1 atom stereocenters. The summed E-state index contributed by atoms with van der Waals surface area (Å²) in [6.45, 7) is 5.73. The standard InChI is InChI=1S/C21H24N4O3/c1-14(2)15-5-8-17(9-6-15)22-18-4-3-11-24(13-18)21(26)16-7-10-20-19(12-16)23-28-25(20)27/h5-10,12,14,18,22H,3-4,11,13H2,1-2H3/t18-/m1/s1. The number of nitrogens with one attached hydrogen (secondary N) is 1. The Balaban J connectivity index is 1.44. The molecule has 146 valence electrons. The normalized spacial score (nSPS) is 17.2. The molecule has 1 N–H and O–H groups in total. The second-order valence-electron chi connectivity index (χ2n) is 7.64. The summed E-state index contributed by atoms with van der Waals surface area (Å²) in [5, 5.41) is 18.7. The van der Waals surface area contributed by atoms with E-state index in [9.17, 15) is 10.0 Å². The summed E-state index contributed by atoms with van der Waals surface area (Å²) in [6.07, 6.45) is 1.97. The molecule has 2 heterocycles. The third-order valence-corrected chi connectivity index (χ3v) is 5.29. The molecule has 3 aromatic rings. The van der Waals surface area contributed by atoms with E-state index in [1.807, 2.05) is 4.90 Å². The van der Waals surface area contributed by atoms with Crippen LogP contribution in [0.3, 0.4) is 0 Å². The first-order valence-electron chi connectivity index (χ1n) is 9.66. The SMILES string of the molecule is CC(C)c1ccc(N[C@@H]2CCCN(C(=O)c3ccc4c(c3)no[n+]4[O-])C2)cc1. The van der Waals surface area contributed by atoms with Gasteiger partial charge in [0.05, 0.1) is 0 Å². The van der Waals surface area contributed by atoms with Crippen molar-refractivity contribution in [1.29, 1.82) is 0 Å². The molecule has 0 spiro atoms. The molecule has 1 aliphatic heterocycles. The first kappa shape index (κ1) is 18.3. The lowest BCUT2D eigenvalue weighted by atomic mass is 10.0. The van der Waals surface area contributed by atoms with Gasteiger partial charge in [-0.3, -0.25) is 9.42 Å². The minimum Gasteiger partial charge on any atom is -0.381 e. The van der Waals surface area contributed by atoms with Crippen LogP contribution < -0.4 is 10.2 Å². The van der Waals surface area contributed by atoms with E-state index < -0.39 is 0 Å². The molecule has 0 unspecified atom stereocenters. The second kappa shape index (κ2) is 7.50. The number of benzene rings is 2. The van der Waals surface area contributed by atoms with Crippen molar-refractivity contribution in [3.63, 3.8) is 0 Å². The van der Waals surface area contributed by atoms with E-state index in [1.54, 1.807) is 18.2 Å². The van der Waals surface area contributed by atoms with Gasteiger partial charge in [0, 0.05) is 41.6 Å². The van der Waals surface area contributed by atoms with Crippen LogP contribution in [0.1, 0.15) is 48.5 Å². The fourth-order valence-electron chi connectivity index (χ4n) is 3.67. The first-order valence-corrected chi connectivity index (χ1v) is 9.66. The molecule has 28 heavy (non-hydrogen) atoms. The first-order chi connectivity index (χ1) is 13.5. The number of aromatic nitrogens is 2. The predicted octanol–water partition coefficient (Wildman–Crippen LogP) is 3.30. The van der Waals surface area contributed by atoms with Gasteiger partial charge in [-0.05, 0) is 53.5 Å². The Morgan fingerprint density at radius 1 is 1.29 bits per heavy atom. The van der Waals surface area contributed by atoms with Crippen LogP contribution in [-0.2, 0) is 0 Å². The number of anilines is 1. The Kier molecular flexibility index (Phi) is 4.90. The van der Waals surface area contributed by atoms with E-state index in [0.717, 1.165) is 25.1 Å². The number of carbonyl (C=O) groups is 1. The van der Waals surface area contributed by atoms with Crippen LogP contribution in [0.4, 0.5) is 5.69 Å². The van der Waals surface area contributed by atoms with Crippen LogP contribution in [0, 0.1) is 5.21 Å². The maximum Gasteiger partial charge on any atom is 0.254 e. The maximum atomic E-state index is 12.9. The van der Waals surface area contributed by atoms with E-state index in [0.29, 0.717) is 34.0 Å². The molecule has 1 aliphatic rings. The average molecular weight is 380 g/mol. The van der Waals surface area contributed by atoms with Crippen LogP contribution in [0.2, 0.25) is 0 Å². The molecule has 1 fully saturated rings. The lowest BCUT2D eigenvalue weighted by Gasteiger charge is -2.33. The monoisotopic (exact) mass is 380 g/mol. The van der Waals surface area contributed by atoms with E-state index in [4.69, 9.17) is 0 Å². The zero-order valence-corrected chi connectivity index (χ0v) is 16.1. The van der Waals surface area contributed by atoms with Crippen molar-refractivity contribution in [2.24, 2.45) is 0 Å². The number of piperidine rings is 1. The molecule has 0 saturated carbocycles. The third-order valence-electron chi connectivity index (χ3n) is 5.29. The number of amides is 1. The predicted molar refractivity (Wildman–Crippen MR) is 106 cm³/mol. The number of likely N-dealkylation sites (tertiary alicyclic amines) is 1. The smallest absolute Gasteiger partial charge is 0.254 e. The lowest BCUT2D eigenvalue weighted by Crippen LogP contribution is -2.45. The molecule has 4 rings (SSSR count). The lowest BCUT2D eigenvalue weighted by molar-refractivity contribution is -0.782. The van der Waals surface area contributed by atoms with Gasteiger partial charge in [0.1, 0.15) is 0 Å². The highest BCUT2D eigenvalue weighted by atomic mass is 16.8. The highest BCUT2D eigenvalue weighted by Crippen LogP contribution is 2.21. The highest BCUT2D eigenvalue weighted by molar-refractivity contribution is 5.97. The van der Waals surface area contributed by atoms with Crippen molar-refractivity contribution in [2.45, 2.75) is 38.6 Å². The van der Waals surface area contributed by atoms with Gasteiger partial charge in [-0.1, -0.05) is 26.0 Å². The molecular weight excluding hydrogens is 356 g/mol. The Hall–Kier alpha value is -3.09. The van der Waals surface area contributed by atoms with Gasteiger partial charge in [-0.2, -0.15) is 0 Å². The van der Waals surface area contributed by atoms with Crippen LogP contribution in [0.25, 0.3) is 11.0 Å². The zero-order chi connectivity index (χ0) is 19.7. The minimum absolute atomic E-state index is 0.0518. The number of hydrogen-bond donors (Lipinski definition) is 1. The molecule has 0 aliphatic carbocycles. The van der Waals surface area contributed by atoms with Gasteiger partial charge in [0.15, 0.2) is 0 Å². The Labute approximate surface area is 163 Å². The molecule has 2 aromatic carbocycles. The Morgan fingerprint density at radius 3 is 2.82 bits per heavy atom. The Bertz CT molecular complexity index is 981. The maximum absolute atomic E-state index is 12.9. The molecule has 0 radical (unpaired) electrons. The molecule has 7 heteroatoms. The summed E-state index contributed by atoms with van der Waals surface area (Å²) in [5.41, 5.74) is 3.61. The zero-order valence-electron chi connectivity index (χ0n) is 16.1. The fourth-order valence-corrected chi connectivity index (χ4v) is 3.67. The highest BCUT2D eigenvalue weighted by Gasteiger charge is 2.25. The van der Waals surface area contributed by atoms with Gasteiger partial charge < -0.3 is 15.4 Å². The van der Waals surface area contributed by atoms with Gasteiger partial charge in [0.2, 0.25) is 11.0 Å². The van der Waals surface area contributed by atoms with Crippen molar-refractivity contribution in [3.05, 3.63) is 58.8 Å². The quantitative estimate of drug-likeness (QED) is 0.702. The molecule has 1 amide bonds. The van der Waals surface area contributed by atoms with Crippen molar-refractivity contribution in [2.75, 3.05) is 18.4 Å². The molecule has 1 saturated heterocycles. The number of fused-ring (bicyclic) bond motifs is 1. The summed E-state index contributed by atoms with van der Waals surface area (Å²) in [4.78, 5) is 15.1. The summed E-state index contributed by atoms with van der Waals surface area (Å²) >= 11 is 0. The summed E-state index contributed by atoms with van der Waals surface area (Å²) in [7, 11) is 0. The minimum atomic E-state index is -0.0518. The molecule has 7 nitrogen and oxygen atoms in total. The topological polar surface area (TPSA) is 85.3 Å². The van der Waals surface area contributed by atoms with Gasteiger partial charge >= 0.3 is 0 Å². The molecule has 0 bridgehead atoms. The fraction of sp³-hybridized carbons (Fsp3) is 0.381. The van der Waals surface area contributed by atoms with E-state index in [2.05, 4.69) is 53.2 Å². The van der Waals surface area contributed by atoms with Gasteiger partial charge in [-0.15, -0.1) is 0 Å². The largest absolute Gasteiger partial charge is 0.381 e. The molecule has 1 aromatic heterocycles. The van der Waals surface area contributed by atoms with Crippen LogP contribution in [-0.4, -0.2) is 35.1 Å². The number of rotatable bonds is 4. The number of hydrogen-bond acceptors (Lipinski definition) is 5. The van der Waals surface area contributed by atoms with E-state index >= 15 is 0 Å². The van der Waals surface area contributed by atoms with Crippen LogP contribution in [0.5, 0.6) is 0 Å². The Morgan fingerprint density at radius 2 is 2.07 bits per heavy atom. The van der Waals surface area contributed by atoms with Crippen LogP contribution in [0.15, 0.2) is 47.1 Å². The summed E-state index contributed by atoms with van der Waals surface area (Å²) < 4.78 is 4.58. The number of nitrogens with zero attached hydrogens (tertiary/aromatic N) is 3. The van der Waals surface area contributed by atoms with Crippen molar-refractivity contribution in [1.82, 2.24) is 10.1 Å². The van der Waals surface area contributed by atoms with Crippen molar-refractivity contribution < 1.29 is 14.3 Å². The second-order valence-corrected chi connectivity index (χ2v) is 7.64. The van der Waals surface area contributed by atoms with Gasteiger partial charge in [0.25, 0.3) is 5.91 Å². The summed E-state index contributed by atoms with van der Waals surface area (Å²) in [5.74, 6) is 0.457. The van der Waals surface area contributed by atoms with Crippen LogP contribution >= 0.6 is 0 Å². The summed E-state index contributed by atoms with van der Waals surface area (Å²) in [6, 6.07) is 13.5. The average Bonchev–Trinajstić information content (AvgIpc) is 3.08. The van der Waals surface area contributed by atoms with Crippen molar-refractivity contribution >= 4 is 22.6 Å². The van der Waals surface area contributed by atoms with Crippen molar-refractivity contribution in [3.8, 4) is 0 Å². The van der Waals surface area contributed by atoms with E-state index in [-0.39, 0.29) is 11.9 Å². The van der Waals surface area contributed by atoms with E-state index in [1.165, 1.54) is 5.56 Å². The molecular formula is C21H24N4O3. The third kappa shape index (κ3) is 3.65. The van der Waals surface area contributed by atoms with Gasteiger partial charge in [-0.25, -0.2) is 0 Å².